The highest BCUT2D eigenvalue weighted by Gasteiger charge is 2.42. The molecular weight excluding hydrogens is 416 g/mol. The summed E-state index contributed by atoms with van der Waals surface area (Å²) in [4.78, 5) is 30.6. The molecule has 0 spiro atoms. The maximum atomic E-state index is 13.8. The number of hydrogen-bond acceptors (Lipinski definition) is 5. The molecule has 0 saturated heterocycles. The van der Waals surface area contributed by atoms with Crippen molar-refractivity contribution >= 4 is 28.8 Å². The van der Waals surface area contributed by atoms with Crippen LogP contribution in [0, 0.1) is 13.8 Å². The van der Waals surface area contributed by atoms with Crippen molar-refractivity contribution in [1.29, 1.82) is 0 Å². The molecule has 1 aliphatic heterocycles. The molecule has 6 nitrogen and oxygen atoms in total. The number of para-hydroxylation sites is 1. The van der Waals surface area contributed by atoms with Crippen molar-refractivity contribution in [2.24, 2.45) is 0 Å². The highest BCUT2D eigenvalue weighted by atomic mass is 16.5. The van der Waals surface area contributed by atoms with Gasteiger partial charge in [-0.1, -0.05) is 42.0 Å². The van der Waals surface area contributed by atoms with Gasteiger partial charge in [-0.3, -0.25) is 9.59 Å². The molecule has 0 radical (unpaired) electrons. The molecule has 0 fully saturated rings. The van der Waals surface area contributed by atoms with Gasteiger partial charge in [-0.15, -0.1) is 0 Å². The minimum atomic E-state index is -0.378. The predicted molar refractivity (Wildman–Crippen MR) is 130 cm³/mol. The first-order valence-electron chi connectivity index (χ1n) is 10.6. The Labute approximate surface area is 193 Å². The van der Waals surface area contributed by atoms with Crippen LogP contribution in [0.2, 0.25) is 0 Å². The quantitative estimate of drug-likeness (QED) is 0.516. The summed E-state index contributed by atoms with van der Waals surface area (Å²) in [5.41, 5.74) is 4.48. The van der Waals surface area contributed by atoms with Gasteiger partial charge in [-0.25, -0.2) is 4.90 Å². The van der Waals surface area contributed by atoms with Crippen LogP contribution in [0.5, 0.6) is 11.5 Å². The van der Waals surface area contributed by atoms with Crippen molar-refractivity contribution in [1.82, 2.24) is 0 Å². The number of benzene rings is 3. The van der Waals surface area contributed by atoms with Crippen LogP contribution in [0.1, 0.15) is 16.7 Å². The summed E-state index contributed by atoms with van der Waals surface area (Å²) < 4.78 is 10.8. The zero-order valence-corrected chi connectivity index (χ0v) is 19.4. The van der Waals surface area contributed by atoms with Gasteiger partial charge in [0.25, 0.3) is 11.8 Å². The summed E-state index contributed by atoms with van der Waals surface area (Å²) in [5.74, 6) is 0.275. The average Bonchev–Trinajstić information content (AvgIpc) is 3.08. The number of rotatable bonds is 6. The second kappa shape index (κ2) is 8.82. The van der Waals surface area contributed by atoms with Crippen molar-refractivity contribution in [3.05, 3.63) is 89.1 Å². The van der Waals surface area contributed by atoms with Gasteiger partial charge >= 0.3 is 0 Å². The third-order valence-corrected chi connectivity index (χ3v) is 5.80. The second-order valence-electron chi connectivity index (χ2n) is 7.92. The summed E-state index contributed by atoms with van der Waals surface area (Å²) in [7, 11) is 4.89. The zero-order chi connectivity index (χ0) is 23.7. The third-order valence-electron chi connectivity index (χ3n) is 5.80. The maximum Gasteiger partial charge on any atom is 0.282 e. The smallest absolute Gasteiger partial charge is 0.282 e. The van der Waals surface area contributed by atoms with Gasteiger partial charge in [0, 0.05) is 12.7 Å². The topological polar surface area (TPSA) is 59.1 Å². The van der Waals surface area contributed by atoms with E-state index in [0.29, 0.717) is 34.0 Å². The number of anilines is 2. The lowest BCUT2D eigenvalue weighted by Crippen LogP contribution is -2.34. The van der Waals surface area contributed by atoms with E-state index < -0.39 is 0 Å². The molecule has 0 atom stereocenters. The van der Waals surface area contributed by atoms with Gasteiger partial charge < -0.3 is 14.4 Å². The summed E-state index contributed by atoms with van der Waals surface area (Å²) in [6, 6.07) is 20.4. The normalized spacial score (nSPS) is 13.5. The zero-order valence-electron chi connectivity index (χ0n) is 19.4. The lowest BCUT2D eigenvalue weighted by molar-refractivity contribution is -0.120. The predicted octanol–water partition coefficient (Wildman–Crippen LogP) is 4.74. The fraction of sp³-hybridized carbons (Fsp3) is 0.185. The Morgan fingerprint density at radius 2 is 1.48 bits per heavy atom. The first-order valence-corrected chi connectivity index (χ1v) is 10.6. The van der Waals surface area contributed by atoms with E-state index in [2.05, 4.69) is 0 Å². The number of imide groups is 1. The van der Waals surface area contributed by atoms with Crippen LogP contribution in [-0.2, 0) is 9.59 Å². The molecule has 1 aliphatic rings. The third kappa shape index (κ3) is 3.84. The molecule has 3 aromatic carbocycles. The summed E-state index contributed by atoms with van der Waals surface area (Å²) in [5, 5.41) is 0. The minimum absolute atomic E-state index is 0.304. The molecule has 0 aromatic heterocycles. The number of carbonyl (C=O) groups is 2. The van der Waals surface area contributed by atoms with Gasteiger partial charge in [0.1, 0.15) is 5.70 Å². The van der Waals surface area contributed by atoms with E-state index in [-0.39, 0.29) is 11.8 Å². The van der Waals surface area contributed by atoms with Gasteiger partial charge in [0.2, 0.25) is 0 Å². The Hall–Kier alpha value is -4.06. The van der Waals surface area contributed by atoms with Crippen molar-refractivity contribution in [2.45, 2.75) is 13.8 Å². The average molecular weight is 443 g/mol. The number of aryl methyl sites for hydroxylation is 2. The van der Waals surface area contributed by atoms with E-state index >= 15 is 0 Å². The van der Waals surface area contributed by atoms with Crippen LogP contribution in [0.25, 0.3) is 5.57 Å². The van der Waals surface area contributed by atoms with Gasteiger partial charge in [-0.2, -0.15) is 0 Å². The number of methoxy groups -OCH3 is 2. The largest absolute Gasteiger partial charge is 0.493 e. The summed E-state index contributed by atoms with van der Waals surface area (Å²) in [6.07, 6.45) is 0. The van der Waals surface area contributed by atoms with Gasteiger partial charge in [0.05, 0.1) is 25.5 Å². The van der Waals surface area contributed by atoms with E-state index in [1.54, 1.807) is 37.3 Å². The Morgan fingerprint density at radius 3 is 2.12 bits per heavy atom. The van der Waals surface area contributed by atoms with Crippen molar-refractivity contribution in [2.75, 3.05) is 31.1 Å². The highest BCUT2D eigenvalue weighted by molar-refractivity contribution is 6.46. The summed E-state index contributed by atoms with van der Waals surface area (Å²) in [6.45, 7) is 3.88. The number of ether oxygens (including phenoxy) is 2. The van der Waals surface area contributed by atoms with E-state index in [9.17, 15) is 9.59 Å². The Bertz CT molecular complexity index is 1260. The van der Waals surface area contributed by atoms with Crippen molar-refractivity contribution in [3.63, 3.8) is 0 Å². The number of likely N-dealkylation sites (N-methyl/N-ethyl adjacent to an activating group) is 1. The number of nitrogens with zero attached hydrogens (tertiary/aromatic N) is 2. The molecule has 0 N–H and O–H groups in total. The molecule has 4 rings (SSSR count). The van der Waals surface area contributed by atoms with Crippen LogP contribution in [0.4, 0.5) is 11.4 Å². The number of amides is 2. The molecule has 2 amide bonds. The molecule has 168 valence electrons. The van der Waals surface area contributed by atoms with Crippen LogP contribution in [-0.4, -0.2) is 33.1 Å². The SMILES string of the molecule is COc1ccc(C2=C(N(C)c3ccccc3)C(=O)N(c3ccc(C)cc3C)C2=O)cc1OC. The van der Waals surface area contributed by atoms with Crippen molar-refractivity contribution < 1.29 is 19.1 Å². The van der Waals surface area contributed by atoms with Crippen molar-refractivity contribution in [3.8, 4) is 11.5 Å². The molecule has 0 saturated carbocycles. The molecule has 1 heterocycles. The number of carbonyl (C=O) groups excluding carboxylic acids is 2. The number of hydrogen-bond donors (Lipinski definition) is 0. The second-order valence-corrected chi connectivity index (χ2v) is 7.92. The van der Waals surface area contributed by atoms with Gasteiger partial charge in [-0.05, 0) is 55.3 Å². The fourth-order valence-corrected chi connectivity index (χ4v) is 4.14. The molecule has 0 bridgehead atoms. The standard InChI is InChI=1S/C27H26N2O4/c1-17-11-13-21(18(2)15-17)29-26(30)24(19-12-14-22(32-4)23(16-19)33-5)25(27(29)31)28(3)20-9-7-6-8-10-20/h6-16H,1-5H3. The minimum Gasteiger partial charge on any atom is -0.493 e. The van der Waals surface area contributed by atoms with Gasteiger partial charge in [0.15, 0.2) is 11.5 Å². The Morgan fingerprint density at radius 1 is 0.788 bits per heavy atom. The Kier molecular flexibility index (Phi) is 5.92. The van der Waals surface area contributed by atoms with E-state index in [4.69, 9.17) is 9.47 Å². The lowest BCUT2D eigenvalue weighted by atomic mass is 10.0. The first-order chi connectivity index (χ1) is 15.9. The van der Waals surface area contributed by atoms with Crippen LogP contribution < -0.4 is 19.3 Å². The molecule has 0 aliphatic carbocycles. The molecule has 6 heteroatoms. The molecular formula is C27H26N2O4. The molecule has 33 heavy (non-hydrogen) atoms. The monoisotopic (exact) mass is 442 g/mol. The lowest BCUT2D eigenvalue weighted by Gasteiger charge is -2.22. The van der Waals surface area contributed by atoms with E-state index in [1.165, 1.54) is 12.0 Å². The summed E-state index contributed by atoms with van der Waals surface area (Å²) >= 11 is 0. The molecule has 3 aromatic rings. The van der Waals surface area contributed by atoms with Crippen LogP contribution in [0.15, 0.2) is 72.4 Å². The van der Waals surface area contributed by atoms with Crippen LogP contribution >= 0.6 is 0 Å². The Balaban J connectivity index is 1.92. The molecule has 0 unspecified atom stereocenters. The fourth-order valence-electron chi connectivity index (χ4n) is 4.14. The van der Waals surface area contributed by atoms with E-state index in [1.807, 2.05) is 62.4 Å². The van der Waals surface area contributed by atoms with Crippen LogP contribution in [0.3, 0.4) is 0 Å². The van der Waals surface area contributed by atoms with E-state index in [0.717, 1.165) is 16.8 Å². The maximum absolute atomic E-state index is 13.8. The highest BCUT2D eigenvalue weighted by Crippen LogP contribution is 2.39. The first kappa shape index (κ1) is 22.1.